The first-order chi connectivity index (χ1) is 7.66. The third-order valence-corrected chi connectivity index (χ3v) is 2.41. The van der Waals surface area contributed by atoms with Gasteiger partial charge in [0, 0.05) is 6.20 Å². The molecule has 0 bridgehead atoms. The van der Waals surface area contributed by atoms with Gasteiger partial charge in [0.25, 0.3) is 0 Å². The summed E-state index contributed by atoms with van der Waals surface area (Å²) in [6.07, 6.45) is 1.46. The van der Waals surface area contributed by atoms with Crippen LogP contribution in [-0.2, 0) is 0 Å². The molecule has 1 aromatic carbocycles. The first-order valence-corrected chi connectivity index (χ1v) is 5.26. The van der Waals surface area contributed by atoms with E-state index in [0.29, 0.717) is 21.5 Å². The lowest BCUT2D eigenvalue weighted by molar-refractivity contribution is 0.466. The van der Waals surface area contributed by atoms with Gasteiger partial charge < -0.3 is 10.5 Å². The van der Waals surface area contributed by atoms with E-state index in [-0.39, 0.29) is 5.88 Å². The minimum atomic E-state index is 0.289. The number of hydrogen-bond acceptors (Lipinski definition) is 3. The van der Waals surface area contributed by atoms with Crippen molar-refractivity contribution in [3.63, 3.8) is 0 Å². The maximum absolute atomic E-state index is 5.94. The maximum atomic E-state index is 5.94. The molecule has 2 rings (SSSR count). The Bertz CT molecular complexity index is 517. The second-order valence-corrected chi connectivity index (χ2v) is 3.92. The van der Waals surface area contributed by atoms with Crippen LogP contribution in [0.25, 0.3) is 0 Å². The molecule has 0 aliphatic carbocycles. The second-order valence-electron chi connectivity index (χ2n) is 3.08. The number of rotatable bonds is 2. The number of hydrogen-bond donors (Lipinski definition) is 1. The van der Waals surface area contributed by atoms with Gasteiger partial charge in [-0.3, -0.25) is 0 Å². The van der Waals surface area contributed by atoms with Crippen molar-refractivity contribution in [2.45, 2.75) is 0 Å². The largest absolute Gasteiger partial charge is 0.436 e. The standard InChI is InChI=1S/C11H8Cl2N2O/c12-7-5-9(14)11(15-6-7)16-10-4-2-1-3-8(10)13/h1-6H,14H2. The van der Waals surface area contributed by atoms with Crippen LogP contribution in [0.3, 0.4) is 0 Å². The lowest BCUT2D eigenvalue weighted by Gasteiger charge is -2.08. The predicted octanol–water partition coefficient (Wildman–Crippen LogP) is 3.76. The highest BCUT2D eigenvalue weighted by Gasteiger charge is 2.06. The molecule has 0 saturated heterocycles. The van der Waals surface area contributed by atoms with Gasteiger partial charge in [-0.25, -0.2) is 4.98 Å². The number of aromatic nitrogens is 1. The van der Waals surface area contributed by atoms with E-state index in [1.165, 1.54) is 6.20 Å². The first kappa shape index (κ1) is 11.0. The number of halogens is 2. The van der Waals surface area contributed by atoms with E-state index >= 15 is 0 Å². The molecule has 0 radical (unpaired) electrons. The summed E-state index contributed by atoms with van der Waals surface area (Å²) in [5, 5.41) is 0.961. The average Bonchev–Trinajstić information content (AvgIpc) is 2.25. The van der Waals surface area contributed by atoms with Gasteiger partial charge in [0.15, 0.2) is 0 Å². The molecule has 2 aromatic rings. The lowest BCUT2D eigenvalue weighted by atomic mass is 10.3. The quantitative estimate of drug-likeness (QED) is 0.888. The van der Waals surface area contributed by atoms with E-state index in [2.05, 4.69) is 4.98 Å². The molecule has 0 amide bonds. The van der Waals surface area contributed by atoms with Crippen molar-refractivity contribution < 1.29 is 4.74 Å². The molecule has 3 nitrogen and oxygen atoms in total. The zero-order chi connectivity index (χ0) is 11.5. The summed E-state index contributed by atoms with van der Waals surface area (Å²) in [4.78, 5) is 3.98. The number of pyridine rings is 1. The normalized spacial score (nSPS) is 10.1. The molecule has 0 aliphatic heterocycles. The monoisotopic (exact) mass is 254 g/mol. The third-order valence-electron chi connectivity index (χ3n) is 1.89. The number of nitrogens with zero attached hydrogens (tertiary/aromatic N) is 1. The summed E-state index contributed by atoms with van der Waals surface area (Å²) >= 11 is 11.7. The van der Waals surface area contributed by atoms with Crippen LogP contribution in [0, 0.1) is 0 Å². The van der Waals surface area contributed by atoms with Crippen LogP contribution in [0.2, 0.25) is 10.0 Å². The topological polar surface area (TPSA) is 48.1 Å². The number of nitrogen functional groups attached to an aromatic ring is 1. The number of para-hydroxylation sites is 1. The van der Waals surface area contributed by atoms with E-state index in [9.17, 15) is 0 Å². The summed E-state index contributed by atoms with van der Waals surface area (Å²) in [7, 11) is 0. The molecule has 5 heteroatoms. The highest BCUT2D eigenvalue weighted by molar-refractivity contribution is 6.32. The third kappa shape index (κ3) is 2.38. The summed E-state index contributed by atoms with van der Waals surface area (Å²) < 4.78 is 5.47. The predicted molar refractivity (Wildman–Crippen MR) is 65.2 cm³/mol. The second kappa shape index (κ2) is 4.60. The molecule has 0 saturated carbocycles. The van der Waals surface area contributed by atoms with E-state index in [4.69, 9.17) is 33.7 Å². The minimum absolute atomic E-state index is 0.289. The Hall–Kier alpha value is -1.45. The zero-order valence-corrected chi connectivity index (χ0v) is 9.66. The van der Waals surface area contributed by atoms with Crippen LogP contribution >= 0.6 is 23.2 Å². The molecule has 0 aliphatic rings. The molecule has 0 unspecified atom stereocenters. The minimum Gasteiger partial charge on any atom is -0.436 e. The van der Waals surface area contributed by atoms with Crippen molar-refractivity contribution in [3.05, 3.63) is 46.6 Å². The van der Waals surface area contributed by atoms with Gasteiger partial charge in [0.05, 0.1) is 15.7 Å². The van der Waals surface area contributed by atoms with E-state index < -0.39 is 0 Å². The highest BCUT2D eigenvalue weighted by Crippen LogP contribution is 2.31. The zero-order valence-electron chi connectivity index (χ0n) is 8.15. The van der Waals surface area contributed by atoms with Crippen LogP contribution in [-0.4, -0.2) is 4.98 Å². The van der Waals surface area contributed by atoms with Crippen molar-refractivity contribution in [1.29, 1.82) is 0 Å². The molecule has 16 heavy (non-hydrogen) atoms. The van der Waals surface area contributed by atoms with Crippen LogP contribution in [0.4, 0.5) is 5.69 Å². The summed E-state index contributed by atoms with van der Waals surface area (Å²) in [6, 6.07) is 8.66. The Morgan fingerprint density at radius 2 is 1.94 bits per heavy atom. The van der Waals surface area contributed by atoms with Gasteiger partial charge in [-0.15, -0.1) is 0 Å². The molecule has 82 valence electrons. The van der Waals surface area contributed by atoms with Gasteiger partial charge in [0.1, 0.15) is 5.75 Å². The average molecular weight is 255 g/mol. The van der Waals surface area contributed by atoms with Gasteiger partial charge in [-0.05, 0) is 18.2 Å². The molecular weight excluding hydrogens is 247 g/mol. The fourth-order valence-corrected chi connectivity index (χ4v) is 1.50. The van der Waals surface area contributed by atoms with Crippen molar-refractivity contribution >= 4 is 28.9 Å². The Morgan fingerprint density at radius 1 is 1.19 bits per heavy atom. The Morgan fingerprint density at radius 3 is 2.62 bits per heavy atom. The molecule has 1 aromatic heterocycles. The van der Waals surface area contributed by atoms with Crippen molar-refractivity contribution in [2.75, 3.05) is 5.73 Å². The maximum Gasteiger partial charge on any atom is 0.242 e. The van der Waals surface area contributed by atoms with Crippen LogP contribution < -0.4 is 10.5 Å². The number of nitrogens with two attached hydrogens (primary N) is 1. The van der Waals surface area contributed by atoms with E-state index in [1.807, 2.05) is 12.1 Å². The van der Waals surface area contributed by atoms with Crippen LogP contribution in [0.15, 0.2) is 36.5 Å². The van der Waals surface area contributed by atoms with Crippen molar-refractivity contribution in [2.24, 2.45) is 0 Å². The van der Waals surface area contributed by atoms with Gasteiger partial charge in [0.2, 0.25) is 5.88 Å². The number of benzene rings is 1. The molecule has 0 atom stereocenters. The number of ether oxygens (including phenoxy) is 1. The molecular formula is C11H8Cl2N2O. The Balaban J connectivity index is 2.31. The first-order valence-electron chi connectivity index (χ1n) is 4.50. The molecule has 1 heterocycles. The highest BCUT2D eigenvalue weighted by atomic mass is 35.5. The summed E-state index contributed by atoms with van der Waals surface area (Å²) in [5.41, 5.74) is 6.07. The molecule has 0 fully saturated rings. The van der Waals surface area contributed by atoms with Crippen molar-refractivity contribution in [1.82, 2.24) is 4.98 Å². The lowest BCUT2D eigenvalue weighted by Crippen LogP contribution is -1.95. The Kier molecular flexibility index (Phi) is 3.17. The Labute approximate surface area is 103 Å². The molecule has 0 spiro atoms. The van der Waals surface area contributed by atoms with Gasteiger partial charge in [-0.2, -0.15) is 0 Å². The number of anilines is 1. The van der Waals surface area contributed by atoms with Gasteiger partial charge in [-0.1, -0.05) is 35.3 Å². The van der Waals surface area contributed by atoms with E-state index in [1.54, 1.807) is 18.2 Å². The van der Waals surface area contributed by atoms with Gasteiger partial charge >= 0.3 is 0 Å². The van der Waals surface area contributed by atoms with Crippen LogP contribution in [0.5, 0.6) is 11.6 Å². The summed E-state index contributed by atoms with van der Waals surface area (Å²) in [6.45, 7) is 0. The van der Waals surface area contributed by atoms with E-state index in [0.717, 1.165) is 0 Å². The fourth-order valence-electron chi connectivity index (χ4n) is 1.16. The SMILES string of the molecule is Nc1cc(Cl)cnc1Oc1ccccc1Cl. The van der Waals surface area contributed by atoms with Crippen molar-refractivity contribution in [3.8, 4) is 11.6 Å². The van der Waals surface area contributed by atoms with Crippen LogP contribution in [0.1, 0.15) is 0 Å². The molecule has 2 N–H and O–H groups in total. The smallest absolute Gasteiger partial charge is 0.242 e. The fraction of sp³-hybridized carbons (Fsp3) is 0. The summed E-state index contributed by atoms with van der Waals surface area (Å²) in [5.74, 6) is 0.795.